The van der Waals surface area contributed by atoms with Crippen LogP contribution in [0.15, 0.2) is 66.7 Å². The van der Waals surface area contributed by atoms with Gasteiger partial charge in [-0.15, -0.1) is 0 Å². The first-order valence-electron chi connectivity index (χ1n) is 13.4. The lowest BCUT2D eigenvalue weighted by atomic mass is 9.72. The molecule has 0 aliphatic carbocycles. The van der Waals surface area contributed by atoms with E-state index in [-0.39, 0.29) is 11.9 Å². The molecule has 3 N–H and O–H groups in total. The maximum atomic E-state index is 13.9. The Morgan fingerprint density at radius 2 is 1.68 bits per heavy atom. The summed E-state index contributed by atoms with van der Waals surface area (Å²) in [6, 6.07) is 21.2. The molecule has 4 aromatic rings. The van der Waals surface area contributed by atoms with Crippen LogP contribution >= 0.6 is 11.6 Å². The third-order valence-electron chi connectivity index (χ3n) is 7.81. The topological polar surface area (TPSA) is 103 Å². The van der Waals surface area contributed by atoms with Crippen LogP contribution in [0.1, 0.15) is 36.9 Å². The average Bonchev–Trinajstić information content (AvgIpc) is 2.97. The largest absolute Gasteiger partial charge is 0.493 e. The predicted octanol–water partition coefficient (Wildman–Crippen LogP) is 5.59. The van der Waals surface area contributed by atoms with Crippen molar-refractivity contribution in [3.05, 3.63) is 82.9 Å². The van der Waals surface area contributed by atoms with Crippen LogP contribution in [0.25, 0.3) is 10.9 Å². The average molecular weight is 560 g/mol. The molecule has 1 aromatic heterocycles. The van der Waals surface area contributed by atoms with Crippen LogP contribution in [0.5, 0.6) is 11.5 Å². The van der Waals surface area contributed by atoms with Crippen molar-refractivity contribution in [2.75, 3.05) is 37.9 Å². The summed E-state index contributed by atoms with van der Waals surface area (Å²) in [6.07, 6.45) is 1.95. The van der Waals surface area contributed by atoms with Crippen molar-refractivity contribution in [1.29, 1.82) is 0 Å². The van der Waals surface area contributed by atoms with Gasteiger partial charge in [-0.3, -0.25) is 4.79 Å². The predicted molar refractivity (Wildman–Crippen MR) is 159 cm³/mol. The molecule has 5 rings (SSSR count). The second-order valence-corrected chi connectivity index (χ2v) is 10.7. The first-order valence-corrected chi connectivity index (χ1v) is 13.7. The molecular weight excluding hydrogens is 526 g/mol. The number of nitrogens with zero attached hydrogens (tertiary/aromatic N) is 3. The Labute approximate surface area is 239 Å². The summed E-state index contributed by atoms with van der Waals surface area (Å²) in [5, 5.41) is 4.65. The maximum absolute atomic E-state index is 13.9. The van der Waals surface area contributed by atoms with E-state index in [1.807, 2.05) is 55.5 Å². The minimum Gasteiger partial charge on any atom is -0.493 e. The number of hydrogen-bond donors (Lipinski definition) is 2. The number of carbonyl (C=O) groups excluding carboxylic acids is 1. The number of rotatable bonds is 8. The zero-order valence-corrected chi connectivity index (χ0v) is 23.7. The summed E-state index contributed by atoms with van der Waals surface area (Å²) in [4.78, 5) is 25.5. The van der Waals surface area contributed by atoms with Crippen molar-refractivity contribution in [2.45, 2.75) is 32.2 Å². The van der Waals surface area contributed by atoms with Crippen LogP contribution in [-0.2, 0) is 11.2 Å². The molecule has 1 saturated heterocycles. The molecule has 1 fully saturated rings. The van der Waals surface area contributed by atoms with Gasteiger partial charge in [0.2, 0.25) is 11.9 Å². The molecule has 0 bridgehead atoms. The summed E-state index contributed by atoms with van der Waals surface area (Å²) in [7, 11) is 3.17. The third-order valence-corrected chi connectivity index (χ3v) is 8.06. The fourth-order valence-electron chi connectivity index (χ4n) is 5.40. The molecule has 1 amide bonds. The Kier molecular flexibility index (Phi) is 7.98. The van der Waals surface area contributed by atoms with E-state index < -0.39 is 5.41 Å². The highest BCUT2D eigenvalue weighted by atomic mass is 35.5. The first-order chi connectivity index (χ1) is 19.3. The lowest BCUT2D eigenvalue weighted by molar-refractivity contribution is -0.133. The van der Waals surface area contributed by atoms with Crippen LogP contribution in [0.2, 0.25) is 5.02 Å². The number of ether oxygens (including phenoxy) is 2. The number of carbonyl (C=O) groups is 1. The van der Waals surface area contributed by atoms with E-state index in [9.17, 15) is 4.79 Å². The minimum absolute atomic E-state index is 0.0502. The minimum atomic E-state index is -0.572. The molecule has 1 unspecified atom stereocenters. The number of halogens is 1. The van der Waals surface area contributed by atoms with E-state index in [4.69, 9.17) is 31.8 Å². The number of hydrogen-bond acceptors (Lipinski definition) is 7. The quantitative estimate of drug-likeness (QED) is 0.290. The van der Waals surface area contributed by atoms with E-state index in [0.717, 1.165) is 11.1 Å². The lowest BCUT2D eigenvalue weighted by Gasteiger charge is -2.41. The molecule has 1 aliphatic heterocycles. The van der Waals surface area contributed by atoms with Gasteiger partial charge in [0.1, 0.15) is 5.82 Å². The first kappa shape index (κ1) is 27.5. The molecule has 8 nitrogen and oxygen atoms in total. The number of fused-ring (bicyclic) bond motifs is 1. The zero-order valence-electron chi connectivity index (χ0n) is 23.0. The van der Waals surface area contributed by atoms with E-state index in [2.05, 4.69) is 27.3 Å². The fraction of sp³-hybridized carbons (Fsp3) is 0.323. The van der Waals surface area contributed by atoms with Gasteiger partial charge in [-0.1, -0.05) is 54.1 Å². The molecule has 208 valence electrons. The van der Waals surface area contributed by atoms with Gasteiger partial charge in [0.25, 0.3) is 0 Å². The normalized spacial score (nSPS) is 15.4. The molecule has 1 aliphatic rings. The maximum Gasteiger partial charge on any atom is 0.227 e. The highest BCUT2D eigenvalue weighted by Gasteiger charge is 2.42. The van der Waals surface area contributed by atoms with Crippen molar-refractivity contribution in [1.82, 2.24) is 15.3 Å². The Morgan fingerprint density at radius 3 is 2.33 bits per heavy atom. The van der Waals surface area contributed by atoms with Crippen LogP contribution in [-0.4, -0.2) is 43.2 Å². The molecule has 0 radical (unpaired) electrons. The van der Waals surface area contributed by atoms with Crippen molar-refractivity contribution < 1.29 is 14.3 Å². The van der Waals surface area contributed by atoms with Gasteiger partial charge < -0.3 is 25.4 Å². The Hall–Kier alpha value is -4.04. The Bertz CT molecular complexity index is 1490. The summed E-state index contributed by atoms with van der Waals surface area (Å²) in [5.41, 5.74) is 8.61. The van der Waals surface area contributed by atoms with E-state index in [1.165, 1.54) is 0 Å². The number of amides is 1. The molecule has 0 spiro atoms. The van der Waals surface area contributed by atoms with Crippen LogP contribution in [0.4, 0.5) is 11.8 Å². The van der Waals surface area contributed by atoms with Gasteiger partial charge in [-0.05, 0) is 55.5 Å². The van der Waals surface area contributed by atoms with Gasteiger partial charge >= 0.3 is 0 Å². The number of aromatic nitrogens is 2. The molecule has 3 aromatic carbocycles. The molecule has 2 heterocycles. The van der Waals surface area contributed by atoms with Crippen molar-refractivity contribution in [2.24, 2.45) is 5.41 Å². The van der Waals surface area contributed by atoms with E-state index in [0.29, 0.717) is 71.5 Å². The number of nitrogens with one attached hydrogen (secondary N) is 1. The van der Waals surface area contributed by atoms with Gasteiger partial charge in [-0.2, -0.15) is 4.98 Å². The number of anilines is 2. The standard InChI is InChI=1S/C31H34ClN5O3/c1-20(22-9-11-23(32)12-10-22)34-29(38)31(19-21-7-5-4-6-8-21)13-15-37(16-14-31)30-35-25-18-27(40-3)26(39-2)17-24(25)28(33)36-30/h4-12,17-18,20H,13-16,19H2,1-3H3,(H,34,38)(H2,33,35,36). The van der Waals surface area contributed by atoms with Gasteiger partial charge in [0.05, 0.1) is 31.2 Å². The van der Waals surface area contributed by atoms with Crippen LogP contribution in [0, 0.1) is 5.41 Å². The summed E-state index contributed by atoms with van der Waals surface area (Å²) in [6.45, 7) is 3.24. The summed E-state index contributed by atoms with van der Waals surface area (Å²) >= 11 is 6.07. The van der Waals surface area contributed by atoms with E-state index >= 15 is 0 Å². The summed E-state index contributed by atoms with van der Waals surface area (Å²) < 4.78 is 10.9. The monoisotopic (exact) mass is 559 g/mol. The Morgan fingerprint density at radius 1 is 1.02 bits per heavy atom. The van der Waals surface area contributed by atoms with Crippen molar-refractivity contribution >= 4 is 40.2 Å². The molecule has 0 saturated carbocycles. The Balaban J connectivity index is 1.39. The fourth-order valence-corrected chi connectivity index (χ4v) is 5.52. The van der Waals surface area contributed by atoms with Crippen LogP contribution in [0.3, 0.4) is 0 Å². The van der Waals surface area contributed by atoms with E-state index in [1.54, 1.807) is 20.3 Å². The lowest BCUT2D eigenvalue weighted by Crippen LogP contribution is -2.51. The SMILES string of the molecule is COc1cc2nc(N3CCC(Cc4ccccc4)(C(=O)NC(C)c4ccc(Cl)cc4)CC3)nc(N)c2cc1OC. The second-order valence-electron chi connectivity index (χ2n) is 10.3. The number of methoxy groups -OCH3 is 2. The van der Waals surface area contributed by atoms with Crippen molar-refractivity contribution in [3.8, 4) is 11.5 Å². The number of nitrogens with two attached hydrogens (primary N) is 1. The number of piperidine rings is 1. The number of benzene rings is 3. The van der Waals surface area contributed by atoms with Gasteiger partial charge in [-0.25, -0.2) is 4.98 Å². The molecule has 40 heavy (non-hydrogen) atoms. The number of nitrogen functional groups attached to an aromatic ring is 1. The smallest absolute Gasteiger partial charge is 0.227 e. The molecule has 9 heteroatoms. The third kappa shape index (κ3) is 5.63. The van der Waals surface area contributed by atoms with Gasteiger partial charge in [0.15, 0.2) is 11.5 Å². The molecule has 1 atom stereocenters. The van der Waals surface area contributed by atoms with Crippen LogP contribution < -0.4 is 25.4 Å². The highest BCUT2D eigenvalue weighted by Crippen LogP contribution is 2.39. The second kappa shape index (κ2) is 11.6. The zero-order chi connectivity index (χ0) is 28.3. The highest BCUT2D eigenvalue weighted by molar-refractivity contribution is 6.30. The van der Waals surface area contributed by atoms with Gasteiger partial charge in [0, 0.05) is 29.6 Å². The van der Waals surface area contributed by atoms with Crippen molar-refractivity contribution in [3.63, 3.8) is 0 Å². The molecular formula is C31H34ClN5O3. The summed E-state index contributed by atoms with van der Waals surface area (Å²) in [5.74, 6) is 2.11.